The van der Waals surface area contributed by atoms with Crippen molar-refractivity contribution in [3.8, 4) is 5.75 Å². The number of ether oxygens (including phenoxy) is 1. The van der Waals surface area contributed by atoms with Crippen LogP contribution in [0.4, 0.5) is 5.69 Å². The molecule has 0 radical (unpaired) electrons. The van der Waals surface area contributed by atoms with Crippen LogP contribution in [0, 0.1) is 5.41 Å². The summed E-state index contributed by atoms with van der Waals surface area (Å²) in [6.07, 6.45) is 0. The highest BCUT2D eigenvalue weighted by atomic mass is 16.5. The van der Waals surface area contributed by atoms with E-state index in [4.69, 9.17) is 15.9 Å². The third kappa shape index (κ3) is 2.45. The number of rotatable bonds is 5. The quantitative estimate of drug-likeness (QED) is 0.589. The van der Waals surface area contributed by atoms with Crippen LogP contribution in [0.2, 0.25) is 0 Å². The molecule has 0 aliphatic heterocycles. The summed E-state index contributed by atoms with van der Waals surface area (Å²) >= 11 is 0. The SMILES string of the molecule is CCN(CC)c1cc(OC)ccc1C(=N)N. The predicted molar refractivity (Wildman–Crippen MR) is 67.6 cm³/mol. The Bertz CT molecular complexity index is 373. The zero-order valence-electron chi connectivity index (χ0n) is 10.1. The lowest BCUT2D eigenvalue weighted by atomic mass is 10.1. The third-order valence-corrected chi connectivity index (χ3v) is 2.60. The van der Waals surface area contributed by atoms with Gasteiger partial charge in [0.25, 0.3) is 0 Å². The first kappa shape index (κ1) is 12.4. The molecule has 1 rings (SSSR count). The molecule has 1 aromatic rings. The number of nitrogens with one attached hydrogen (secondary N) is 1. The van der Waals surface area contributed by atoms with E-state index >= 15 is 0 Å². The van der Waals surface area contributed by atoms with Crippen molar-refractivity contribution in [2.24, 2.45) is 5.73 Å². The molecular weight excluding hydrogens is 202 g/mol. The average molecular weight is 221 g/mol. The molecule has 3 N–H and O–H groups in total. The zero-order valence-corrected chi connectivity index (χ0v) is 10.1. The van der Waals surface area contributed by atoms with Crippen molar-refractivity contribution in [1.29, 1.82) is 5.41 Å². The topological polar surface area (TPSA) is 62.3 Å². The average Bonchev–Trinajstić information content (AvgIpc) is 2.30. The van der Waals surface area contributed by atoms with Gasteiger partial charge in [-0.25, -0.2) is 0 Å². The number of anilines is 1. The highest BCUT2D eigenvalue weighted by Gasteiger charge is 2.11. The summed E-state index contributed by atoms with van der Waals surface area (Å²) in [6, 6.07) is 5.57. The molecular formula is C12H19N3O. The molecule has 0 heterocycles. The standard InChI is InChI=1S/C12H19N3O/c1-4-15(5-2)11-8-9(16-3)6-7-10(11)12(13)14/h6-8H,4-5H2,1-3H3,(H3,13,14). The van der Waals surface area contributed by atoms with Crippen molar-refractivity contribution in [2.75, 3.05) is 25.1 Å². The molecule has 0 fully saturated rings. The molecule has 88 valence electrons. The molecule has 1 aromatic carbocycles. The molecule has 0 amide bonds. The van der Waals surface area contributed by atoms with Gasteiger partial charge in [0.1, 0.15) is 11.6 Å². The van der Waals surface area contributed by atoms with E-state index in [2.05, 4.69) is 18.7 Å². The molecule has 0 atom stereocenters. The fourth-order valence-corrected chi connectivity index (χ4v) is 1.69. The summed E-state index contributed by atoms with van der Waals surface area (Å²) < 4.78 is 5.19. The van der Waals surface area contributed by atoms with Gasteiger partial charge in [-0.15, -0.1) is 0 Å². The van der Waals surface area contributed by atoms with Gasteiger partial charge >= 0.3 is 0 Å². The number of benzene rings is 1. The number of nitrogens with two attached hydrogens (primary N) is 1. The minimum atomic E-state index is 0.0875. The number of amidine groups is 1. The van der Waals surface area contributed by atoms with Crippen LogP contribution in [-0.4, -0.2) is 26.0 Å². The van der Waals surface area contributed by atoms with Gasteiger partial charge in [0.05, 0.1) is 12.8 Å². The second-order valence-corrected chi connectivity index (χ2v) is 3.47. The molecule has 16 heavy (non-hydrogen) atoms. The van der Waals surface area contributed by atoms with Crippen molar-refractivity contribution in [3.63, 3.8) is 0 Å². The van der Waals surface area contributed by atoms with Crippen molar-refractivity contribution >= 4 is 11.5 Å². The minimum Gasteiger partial charge on any atom is -0.497 e. The van der Waals surface area contributed by atoms with Gasteiger partial charge in [0.15, 0.2) is 0 Å². The van der Waals surface area contributed by atoms with E-state index in [0.29, 0.717) is 0 Å². The van der Waals surface area contributed by atoms with E-state index in [1.807, 2.05) is 18.2 Å². The number of hydrogen-bond donors (Lipinski definition) is 2. The van der Waals surface area contributed by atoms with E-state index in [-0.39, 0.29) is 5.84 Å². The van der Waals surface area contributed by atoms with Crippen LogP contribution in [-0.2, 0) is 0 Å². The third-order valence-electron chi connectivity index (χ3n) is 2.60. The van der Waals surface area contributed by atoms with E-state index in [0.717, 1.165) is 30.1 Å². The fourth-order valence-electron chi connectivity index (χ4n) is 1.69. The highest BCUT2D eigenvalue weighted by Crippen LogP contribution is 2.25. The molecule has 0 spiro atoms. The Morgan fingerprint density at radius 1 is 1.38 bits per heavy atom. The number of nitrogens with zero attached hydrogens (tertiary/aromatic N) is 1. The molecule has 0 bridgehead atoms. The minimum absolute atomic E-state index is 0.0875. The van der Waals surface area contributed by atoms with Crippen molar-refractivity contribution in [3.05, 3.63) is 23.8 Å². The maximum atomic E-state index is 7.56. The highest BCUT2D eigenvalue weighted by molar-refractivity contribution is 6.00. The van der Waals surface area contributed by atoms with Gasteiger partial charge in [0, 0.05) is 24.7 Å². The van der Waals surface area contributed by atoms with Crippen molar-refractivity contribution in [2.45, 2.75) is 13.8 Å². The zero-order chi connectivity index (χ0) is 12.1. The van der Waals surface area contributed by atoms with Gasteiger partial charge < -0.3 is 15.4 Å². The van der Waals surface area contributed by atoms with Crippen LogP contribution in [0.1, 0.15) is 19.4 Å². The summed E-state index contributed by atoms with van der Waals surface area (Å²) in [6.45, 7) is 5.91. The number of methoxy groups -OCH3 is 1. The Balaban J connectivity index is 3.24. The Kier molecular flexibility index (Phi) is 4.17. The number of nitrogen functional groups attached to an aromatic ring is 1. The largest absolute Gasteiger partial charge is 0.497 e. The van der Waals surface area contributed by atoms with Crippen LogP contribution in [0.3, 0.4) is 0 Å². The molecule has 0 aliphatic carbocycles. The molecule has 0 aromatic heterocycles. The van der Waals surface area contributed by atoms with E-state index in [9.17, 15) is 0 Å². The van der Waals surface area contributed by atoms with E-state index < -0.39 is 0 Å². The molecule has 4 nitrogen and oxygen atoms in total. The Morgan fingerprint density at radius 2 is 2.00 bits per heavy atom. The van der Waals surface area contributed by atoms with Crippen LogP contribution in [0.15, 0.2) is 18.2 Å². The summed E-state index contributed by atoms with van der Waals surface area (Å²) in [4.78, 5) is 2.15. The van der Waals surface area contributed by atoms with E-state index in [1.165, 1.54) is 0 Å². The maximum Gasteiger partial charge on any atom is 0.124 e. The molecule has 0 saturated carbocycles. The lowest BCUT2D eigenvalue weighted by Gasteiger charge is -2.24. The molecule has 0 saturated heterocycles. The van der Waals surface area contributed by atoms with Gasteiger partial charge in [0.2, 0.25) is 0 Å². The lowest BCUT2D eigenvalue weighted by molar-refractivity contribution is 0.415. The lowest BCUT2D eigenvalue weighted by Crippen LogP contribution is -2.25. The summed E-state index contributed by atoms with van der Waals surface area (Å²) in [7, 11) is 1.63. The normalized spacial score (nSPS) is 9.94. The second-order valence-electron chi connectivity index (χ2n) is 3.47. The van der Waals surface area contributed by atoms with Gasteiger partial charge in [-0.1, -0.05) is 0 Å². The van der Waals surface area contributed by atoms with Crippen LogP contribution in [0.5, 0.6) is 5.75 Å². The second kappa shape index (κ2) is 5.39. The van der Waals surface area contributed by atoms with E-state index in [1.54, 1.807) is 7.11 Å². The summed E-state index contributed by atoms with van der Waals surface area (Å²) in [5.41, 5.74) is 7.28. The first-order valence-electron chi connectivity index (χ1n) is 5.41. The molecule has 4 heteroatoms. The molecule has 0 aliphatic rings. The van der Waals surface area contributed by atoms with Crippen molar-refractivity contribution in [1.82, 2.24) is 0 Å². The Labute approximate surface area is 96.5 Å². The predicted octanol–water partition coefficient (Wildman–Crippen LogP) is 1.83. The van der Waals surface area contributed by atoms with Gasteiger partial charge in [-0.05, 0) is 26.0 Å². The van der Waals surface area contributed by atoms with Crippen LogP contribution < -0.4 is 15.4 Å². The smallest absolute Gasteiger partial charge is 0.124 e. The maximum absolute atomic E-state index is 7.56. The van der Waals surface area contributed by atoms with Crippen LogP contribution >= 0.6 is 0 Å². The Morgan fingerprint density at radius 3 is 2.44 bits per heavy atom. The molecule has 0 unspecified atom stereocenters. The van der Waals surface area contributed by atoms with Crippen molar-refractivity contribution < 1.29 is 4.74 Å². The van der Waals surface area contributed by atoms with Gasteiger partial charge in [-0.2, -0.15) is 0 Å². The first-order valence-corrected chi connectivity index (χ1v) is 5.41. The van der Waals surface area contributed by atoms with Gasteiger partial charge in [-0.3, -0.25) is 5.41 Å². The fraction of sp³-hybridized carbons (Fsp3) is 0.417. The van der Waals surface area contributed by atoms with Crippen LogP contribution in [0.25, 0.3) is 0 Å². The first-order chi connectivity index (χ1) is 7.63. The number of hydrogen-bond acceptors (Lipinski definition) is 3. The summed E-state index contributed by atoms with van der Waals surface area (Å²) in [5, 5.41) is 7.56. The Hall–Kier alpha value is -1.71. The summed E-state index contributed by atoms with van der Waals surface area (Å²) in [5.74, 6) is 0.872. The monoisotopic (exact) mass is 221 g/mol.